The highest BCUT2D eigenvalue weighted by molar-refractivity contribution is 4.94. The van der Waals surface area contributed by atoms with Crippen molar-refractivity contribution in [3.05, 3.63) is 0 Å². The SMILES string of the molecule is CC(C)N1C[C@H](O[C@H]2CCCC(F)(F)C2N)[C@@H](F)C1. The molecular formula is C13H23F3N2O. The van der Waals surface area contributed by atoms with E-state index in [4.69, 9.17) is 10.5 Å². The average Bonchev–Trinajstić information content (AvgIpc) is 2.67. The van der Waals surface area contributed by atoms with Crippen molar-refractivity contribution in [1.82, 2.24) is 4.90 Å². The monoisotopic (exact) mass is 280 g/mol. The summed E-state index contributed by atoms with van der Waals surface area (Å²) in [6.07, 6.45) is -1.82. The van der Waals surface area contributed by atoms with Gasteiger partial charge in [-0.1, -0.05) is 0 Å². The van der Waals surface area contributed by atoms with Gasteiger partial charge >= 0.3 is 0 Å². The third-order valence-corrected chi connectivity index (χ3v) is 4.19. The van der Waals surface area contributed by atoms with E-state index in [2.05, 4.69) is 0 Å². The number of rotatable bonds is 3. The van der Waals surface area contributed by atoms with Crippen LogP contribution in [0.5, 0.6) is 0 Å². The van der Waals surface area contributed by atoms with Gasteiger partial charge in [-0.25, -0.2) is 13.2 Å². The minimum absolute atomic E-state index is 0.199. The Morgan fingerprint density at radius 2 is 1.95 bits per heavy atom. The molecule has 0 aromatic carbocycles. The summed E-state index contributed by atoms with van der Waals surface area (Å²) in [6, 6.07) is -1.09. The number of nitrogens with zero attached hydrogens (tertiary/aromatic N) is 1. The van der Waals surface area contributed by atoms with E-state index in [0.29, 0.717) is 25.9 Å². The predicted molar refractivity (Wildman–Crippen MR) is 67.0 cm³/mol. The third kappa shape index (κ3) is 3.23. The fourth-order valence-electron chi connectivity index (χ4n) is 2.85. The molecule has 1 aliphatic carbocycles. The van der Waals surface area contributed by atoms with Crippen molar-refractivity contribution in [2.24, 2.45) is 5.73 Å². The molecule has 3 nitrogen and oxygen atoms in total. The Balaban J connectivity index is 1.94. The summed E-state index contributed by atoms with van der Waals surface area (Å²) >= 11 is 0. The number of ether oxygens (including phenoxy) is 1. The molecule has 1 heterocycles. The Morgan fingerprint density at radius 1 is 1.26 bits per heavy atom. The summed E-state index contributed by atoms with van der Waals surface area (Å²) in [7, 11) is 0. The Kier molecular flexibility index (Phi) is 4.42. The average molecular weight is 280 g/mol. The Morgan fingerprint density at radius 3 is 2.53 bits per heavy atom. The minimum atomic E-state index is -2.90. The van der Waals surface area contributed by atoms with Gasteiger partial charge in [0.25, 0.3) is 5.92 Å². The molecule has 2 N–H and O–H groups in total. The lowest BCUT2D eigenvalue weighted by molar-refractivity contribution is -0.137. The first kappa shape index (κ1) is 15.1. The topological polar surface area (TPSA) is 38.5 Å². The van der Waals surface area contributed by atoms with Gasteiger partial charge in [0.15, 0.2) is 0 Å². The zero-order chi connectivity index (χ0) is 14.2. The lowest BCUT2D eigenvalue weighted by Crippen LogP contribution is -2.54. The van der Waals surface area contributed by atoms with Crippen LogP contribution in [0.25, 0.3) is 0 Å². The summed E-state index contributed by atoms with van der Waals surface area (Å²) in [5, 5.41) is 0. The Hall–Kier alpha value is -0.330. The molecule has 2 aliphatic rings. The van der Waals surface area contributed by atoms with Crippen LogP contribution in [-0.2, 0) is 4.74 Å². The van der Waals surface area contributed by atoms with Crippen LogP contribution in [0.3, 0.4) is 0 Å². The van der Waals surface area contributed by atoms with Gasteiger partial charge in [-0.15, -0.1) is 0 Å². The van der Waals surface area contributed by atoms with E-state index in [0.717, 1.165) is 0 Å². The highest BCUT2D eigenvalue weighted by atomic mass is 19.3. The molecule has 1 saturated carbocycles. The van der Waals surface area contributed by atoms with E-state index < -0.39 is 30.3 Å². The Labute approximate surface area is 112 Å². The molecule has 2 rings (SSSR count). The number of halogens is 3. The van der Waals surface area contributed by atoms with Crippen LogP contribution >= 0.6 is 0 Å². The molecule has 6 heteroatoms. The molecule has 1 unspecified atom stereocenters. The van der Waals surface area contributed by atoms with Gasteiger partial charge in [0, 0.05) is 25.6 Å². The summed E-state index contributed by atoms with van der Waals surface area (Å²) < 4.78 is 46.5. The number of likely N-dealkylation sites (tertiary alicyclic amines) is 1. The van der Waals surface area contributed by atoms with E-state index in [9.17, 15) is 13.2 Å². The summed E-state index contributed by atoms with van der Waals surface area (Å²) in [4.78, 5) is 1.96. The zero-order valence-electron chi connectivity index (χ0n) is 11.5. The van der Waals surface area contributed by atoms with Gasteiger partial charge in [-0.3, -0.25) is 4.90 Å². The third-order valence-electron chi connectivity index (χ3n) is 4.19. The first-order valence-corrected chi connectivity index (χ1v) is 6.98. The first-order chi connectivity index (χ1) is 8.81. The second kappa shape index (κ2) is 5.58. The van der Waals surface area contributed by atoms with Crippen LogP contribution < -0.4 is 5.73 Å². The molecule has 1 saturated heterocycles. The lowest BCUT2D eigenvalue weighted by Gasteiger charge is -2.36. The van der Waals surface area contributed by atoms with Crippen molar-refractivity contribution in [3.8, 4) is 0 Å². The van der Waals surface area contributed by atoms with Crippen LogP contribution in [0.4, 0.5) is 13.2 Å². The van der Waals surface area contributed by atoms with Crippen LogP contribution in [-0.4, -0.2) is 54.4 Å². The van der Waals surface area contributed by atoms with E-state index in [1.807, 2.05) is 18.7 Å². The standard InChI is InChI=1S/C13H23F3N2O/c1-8(2)18-6-9(14)11(7-18)19-10-4-3-5-13(15,16)12(10)17/h8-12H,3-7,17H2,1-2H3/t9-,10-,11-,12?/m0/s1. The molecule has 0 aromatic heterocycles. The van der Waals surface area contributed by atoms with E-state index >= 15 is 0 Å². The normalized spacial score (nSPS) is 39.9. The summed E-state index contributed by atoms with van der Waals surface area (Å²) in [5.41, 5.74) is 5.56. The molecule has 4 atom stereocenters. The number of nitrogens with two attached hydrogens (primary N) is 1. The second-order valence-corrected chi connectivity index (χ2v) is 5.96. The number of hydrogen-bond donors (Lipinski definition) is 1. The van der Waals surface area contributed by atoms with Crippen molar-refractivity contribution in [2.45, 2.75) is 69.5 Å². The molecular weight excluding hydrogens is 257 g/mol. The molecule has 0 amide bonds. The van der Waals surface area contributed by atoms with Crippen molar-refractivity contribution in [1.29, 1.82) is 0 Å². The minimum Gasteiger partial charge on any atom is -0.369 e. The molecule has 1 aliphatic heterocycles. The summed E-state index contributed by atoms with van der Waals surface area (Å²) in [5.74, 6) is -2.90. The van der Waals surface area contributed by atoms with Gasteiger partial charge in [-0.05, 0) is 26.7 Å². The largest absolute Gasteiger partial charge is 0.369 e. The number of hydrogen-bond acceptors (Lipinski definition) is 3. The predicted octanol–water partition coefficient (Wildman–Crippen LogP) is 1.95. The lowest BCUT2D eigenvalue weighted by atomic mass is 9.89. The van der Waals surface area contributed by atoms with Crippen LogP contribution in [0.15, 0.2) is 0 Å². The maximum absolute atomic E-state index is 13.9. The number of alkyl halides is 3. The van der Waals surface area contributed by atoms with Crippen LogP contribution in [0.1, 0.15) is 33.1 Å². The highest BCUT2D eigenvalue weighted by Crippen LogP contribution is 2.35. The fraction of sp³-hybridized carbons (Fsp3) is 1.00. The second-order valence-electron chi connectivity index (χ2n) is 5.96. The van der Waals surface area contributed by atoms with Crippen LogP contribution in [0.2, 0.25) is 0 Å². The van der Waals surface area contributed by atoms with Crippen LogP contribution in [0, 0.1) is 0 Å². The molecule has 0 radical (unpaired) electrons. The van der Waals surface area contributed by atoms with Crippen molar-refractivity contribution in [3.63, 3.8) is 0 Å². The molecule has 112 valence electrons. The maximum Gasteiger partial charge on any atom is 0.265 e. The van der Waals surface area contributed by atoms with Gasteiger partial charge in [-0.2, -0.15) is 0 Å². The van der Waals surface area contributed by atoms with E-state index in [1.165, 1.54) is 0 Å². The quantitative estimate of drug-likeness (QED) is 0.858. The summed E-state index contributed by atoms with van der Waals surface area (Å²) in [6.45, 7) is 4.72. The molecule has 0 spiro atoms. The molecule has 19 heavy (non-hydrogen) atoms. The Bertz CT molecular complexity index is 314. The zero-order valence-corrected chi connectivity index (χ0v) is 11.5. The van der Waals surface area contributed by atoms with Gasteiger partial charge in [0.2, 0.25) is 0 Å². The van der Waals surface area contributed by atoms with Crippen molar-refractivity contribution in [2.75, 3.05) is 13.1 Å². The maximum atomic E-state index is 13.9. The molecule has 0 bridgehead atoms. The smallest absolute Gasteiger partial charge is 0.265 e. The highest BCUT2D eigenvalue weighted by Gasteiger charge is 2.47. The van der Waals surface area contributed by atoms with Gasteiger partial charge in [0.05, 0.1) is 12.1 Å². The van der Waals surface area contributed by atoms with Crippen molar-refractivity contribution < 1.29 is 17.9 Å². The fourth-order valence-corrected chi connectivity index (χ4v) is 2.85. The van der Waals surface area contributed by atoms with Crippen molar-refractivity contribution >= 4 is 0 Å². The van der Waals surface area contributed by atoms with Gasteiger partial charge < -0.3 is 10.5 Å². The molecule has 2 fully saturated rings. The van der Waals surface area contributed by atoms with E-state index in [1.54, 1.807) is 0 Å². The first-order valence-electron chi connectivity index (χ1n) is 6.98. The molecule has 0 aromatic rings. The van der Waals surface area contributed by atoms with Gasteiger partial charge in [0.1, 0.15) is 12.3 Å². The van der Waals surface area contributed by atoms with E-state index in [-0.39, 0.29) is 12.5 Å².